The first kappa shape index (κ1) is 20.9. The number of benzene rings is 1. The molecule has 0 atom stereocenters. The van der Waals surface area contributed by atoms with Crippen LogP contribution in [0.4, 0.5) is 10.5 Å². The van der Waals surface area contributed by atoms with Gasteiger partial charge in [-0.1, -0.05) is 50.4 Å². The summed E-state index contributed by atoms with van der Waals surface area (Å²) in [5.41, 5.74) is 0.328. The number of nitrogens with one attached hydrogen (secondary N) is 1. The Morgan fingerprint density at radius 1 is 1.12 bits per heavy atom. The molecule has 0 heterocycles. The number of ether oxygens (including phenoxy) is 2. The van der Waals surface area contributed by atoms with E-state index in [0.717, 1.165) is 25.9 Å². The van der Waals surface area contributed by atoms with Gasteiger partial charge in [-0.25, -0.2) is 4.79 Å². The highest BCUT2D eigenvalue weighted by Gasteiger charge is 2.13. The van der Waals surface area contributed by atoms with Gasteiger partial charge in [-0.3, -0.25) is 5.32 Å². The highest BCUT2D eigenvalue weighted by atomic mass is 35.5. The van der Waals surface area contributed by atoms with Gasteiger partial charge in [-0.05, 0) is 19.5 Å². The number of hydrogen-bond acceptors (Lipinski definition) is 4. The summed E-state index contributed by atoms with van der Waals surface area (Å²) in [7, 11) is 0. The quantitative estimate of drug-likeness (QED) is 0.579. The molecule has 0 aliphatic heterocycles. The summed E-state index contributed by atoms with van der Waals surface area (Å²) in [5.74, 6) is 0.582. The number of carbonyl (C=O) groups is 1. The maximum absolute atomic E-state index is 11.9. The molecular formula is C17H26Cl2N2O3. The van der Waals surface area contributed by atoms with Gasteiger partial charge in [0, 0.05) is 18.7 Å². The number of likely N-dealkylation sites (N-methyl/N-ethyl adjacent to an activating group) is 1. The Bertz CT molecular complexity index is 500. The summed E-state index contributed by atoms with van der Waals surface area (Å²) in [4.78, 5) is 14.0. The van der Waals surface area contributed by atoms with Crippen LogP contribution in [-0.4, -0.2) is 43.8 Å². The van der Waals surface area contributed by atoms with Gasteiger partial charge in [0.25, 0.3) is 0 Å². The first-order chi connectivity index (χ1) is 11.5. The zero-order valence-electron chi connectivity index (χ0n) is 14.5. The lowest BCUT2D eigenvalue weighted by Crippen LogP contribution is -2.28. The summed E-state index contributed by atoms with van der Waals surface area (Å²) in [6.07, 6.45) is 1.42. The first-order valence-electron chi connectivity index (χ1n) is 8.29. The molecule has 1 aromatic rings. The van der Waals surface area contributed by atoms with Crippen molar-refractivity contribution in [2.24, 2.45) is 0 Å². The minimum atomic E-state index is -0.578. The summed E-state index contributed by atoms with van der Waals surface area (Å²) in [6.45, 7) is 9.64. The number of unbranched alkanes of at least 4 members (excludes halogenated alkanes) is 1. The van der Waals surface area contributed by atoms with Crippen LogP contribution in [0.3, 0.4) is 0 Å². The van der Waals surface area contributed by atoms with Gasteiger partial charge >= 0.3 is 6.09 Å². The standard InChI is InChI=1S/C17H26Cl2N2O3/c1-4-7-9-23-13-11-14(18)16(15(19)12-13)20-17(22)24-10-8-21(5-2)6-3/h11-12H,4-10H2,1-3H3,(H,20,22). The minimum absolute atomic E-state index is 0.307. The average molecular weight is 377 g/mol. The Morgan fingerprint density at radius 2 is 1.75 bits per heavy atom. The van der Waals surface area contributed by atoms with E-state index in [1.54, 1.807) is 12.1 Å². The summed E-state index contributed by atoms with van der Waals surface area (Å²) in [6, 6.07) is 3.27. The maximum Gasteiger partial charge on any atom is 0.411 e. The van der Waals surface area contributed by atoms with E-state index in [9.17, 15) is 4.79 Å². The highest BCUT2D eigenvalue weighted by Crippen LogP contribution is 2.35. The van der Waals surface area contributed by atoms with Crippen LogP contribution in [0.1, 0.15) is 33.6 Å². The number of anilines is 1. The molecule has 0 fully saturated rings. The van der Waals surface area contributed by atoms with Gasteiger partial charge in [0.15, 0.2) is 0 Å². The van der Waals surface area contributed by atoms with Crippen molar-refractivity contribution in [3.63, 3.8) is 0 Å². The van der Waals surface area contributed by atoms with E-state index in [1.165, 1.54) is 0 Å². The Kier molecular flexibility index (Phi) is 9.91. The molecule has 0 bridgehead atoms. The number of nitrogens with zero attached hydrogens (tertiary/aromatic N) is 1. The van der Waals surface area contributed by atoms with Crippen LogP contribution in [0.15, 0.2) is 12.1 Å². The van der Waals surface area contributed by atoms with Crippen LogP contribution in [0.25, 0.3) is 0 Å². The largest absolute Gasteiger partial charge is 0.493 e. The summed E-state index contributed by atoms with van der Waals surface area (Å²) in [5, 5.41) is 3.21. The molecule has 1 N–H and O–H groups in total. The molecule has 136 valence electrons. The normalized spacial score (nSPS) is 10.8. The third-order valence-corrected chi connectivity index (χ3v) is 4.14. The number of halogens is 2. The van der Waals surface area contributed by atoms with Gasteiger partial charge in [0.05, 0.1) is 22.3 Å². The van der Waals surface area contributed by atoms with Crippen molar-refractivity contribution in [1.82, 2.24) is 4.90 Å². The van der Waals surface area contributed by atoms with E-state index in [-0.39, 0.29) is 0 Å². The van der Waals surface area contributed by atoms with Crippen molar-refractivity contribution in [3.05, 3.63) is 22.2 Å². The fourth-order valence-electron chi connectivity index (χ4n) is 2.03. The minimum Gasteiger partial charge on any atom is -0.493 e. The van der Waals surface area contributed by atoms with E-state index in [4.69, 9.17) is 32.7 Å². The van der Waals surface area contributed by atoms with E-state index in [0.29, 0.717) is 41.2 Å². The topological polar surface area (TPSA) is 50.8 Å². The van der Waals surface area contributed by atoms with Crippen LogP contribution >= 0.6 is 23.2 Å². The lowest BCUT2D eigenvalue weighted by Gasteiger charge is -2.18. The molecule has 24 heavy (non-hydrogen) atoms. The van der Waals surface area contributed by atoms with Crippen LogP contribution in [0.2, 0.25) is 10.0 Å². The van der Waals surface area contributed by atoms with Crippen molar-refractivity contribution in [3.8, 4) is 5.75 Å². The number of carbonyl (C=O) groups excluding carboxylic acids is 1. The molecule has 0 aromatic heterocycles. The molecule has 7 heteroatoms. The molecule has 1 aromatic carbocycles. The Hall–Kier alpha value is -1.17. The molecule has 1 rings (SSSR count). The zero-order valence-corrected chi connectivity index (χ0v) is 16.0. The fourth-order valence-corrected chi connectivity index (χ4v) is 2.59. The van der Waals surface area contributed by atoms with E-state index >= 15 is 0 Å². The second-order valence-electron chi connectivity index (χ2n) is 5.25. The van der Waals surface area contributed by atoms with Crippen molar-refractivity contribution in [2.75, 3.05) is 38.2 Å². The summed E-state index contributed by atoms with van der Waals surface area (Å²) >= 11 is 12.4. The first-order valence-corrected chi connectivity index (χ1v) is 9.05. The lowest BCUT2D eigenvalue weighted by atomic mass is 10.3. The van der Waals surface area contributed by atoms with Gasteiger partial charge in [-0.2, -0.15) is 0 Å². The molecule has 0 saturated carbocycles. The van der Waals surface area contributed by atoms with Crippen LogP contribution in [-0.2, 0) is 4.74 Å². The van der Waals surface area contributed by atoms with E-state index in [1.807, 2.05) is 0 Å². The van der Waals surface area contributed by atoms with Crippen molar-refractivity contribution in [2.45, 2.75) is 33.6 Å². The summed E-state index contributed by atoms with van der Waals surface area (Å²) < 4.78 is 10.7. The second-order valence-corrected chi connectivity index (χ2v) is 6.07. The van der Waals surface area contributed by atoms with Gasteiger partial charge in [0.2, 0.25) is 0 Å². The van der Waals surface area contributed by atoms with E-state index in [2.05, 4.69) is 31.0 Å². The molecule has 0 unspecified atom stereocenters. The van der Waals surface area contributed by atoms with Gasteiger partial charge < -0.3 is 14.4 Å². The third kappa shape index (κ3) is 7.16. The van der Waals surface area contributed by atoms with Gasteiger partial charge in [-0.15, -0.1) is 0 Å². The van der Waals surface area contributed by atoms with Gasteiger partial charge in [0.1, 0.15) is 12.4 Å². The SMILES string of the molecule is CCCCOc1cc(Cl)c(NC(=O)OCCN(CC)CC)c(Cl)c1. The van der Waals surface area contributed by atoms with Crippen molar-refractivity contribution < 1.29 is 14.3 Å². The molecule has 0 aliphatic rings. The number of amides is 1. The van der Waals surface area contributed by atoms with Crippen LogP contribution < -0.4 is 10.1 Å². The smallest absolute Gasteiger partial charge is 0.411 e. The Labute approximate surface area is 154 Å². The predicted octanol–water partition coefficient (Wildman–Crippen LogP) is 5.06. The monoisotopic (exact) mass is 376 g/mol. The molecule has 0 spiro atoms. The lowest BCUT2D eigenvalue weighted by molar-refractivity contribution is 0.142. The molecule has 5 nitrogen and oxygen atoms in total. The van der Waals surface area contributed by atoms with Crippen LogP contribution in [0.5, 0.6) is 5.75 Å². The predicted molar refractivity (Wildman–Crippen MR) is 99.6 cm³/mol. The third-order valence-electron chi connectivity index (χ3n) is 3.54. The van der Waals surface area contributed by atoms with E-state index < -0.39 is 6.09 Å². The van der Waals surface area contributed by atoms with Crippen molar-refractivity contribution in [1.29, 1.82) is 0 Å². The molecule has 0 radical (unpaired) electrons. The maximum atomic E-state index is 11.9. The molecule has 0 saturated heterocycles. The number of rotatable bonds is 10. The Morgan fingerprint density at radius 3 is 2.29 bits per heavy atom. The molecule has 1 amide bonds. The zero-order chi connectivity index (χ0) is 17.9. The van der Waals surface area contributed by atoms with Crippen molar-refractivity contribution >= 4 is 35.0 Å². The second kappa shape index (κ2) is 11.4. The number of hydrogen-bond donors (Lipinski definition) is 1. The average Bonchev–Trinajstić information content (AvgIpc) is 2.55. The highest BCUT2D eigenvalue weighted by molar-refractivity contribution is 6.39. The van der Waals surface area contributed by atoms with Crippen LogP contribution in [0, 0.1) is 0 Å². The molecule has 0 aliphatic carbocycles. The Balaban J connectivity index is 2.56. The fraction of sp³-hybridized carbons (Fsp3) is 0.588. The molecular weight excluding hydrogens is 351 g/mol.